The molecule has 1 rings (SSSR count). The predicted molar refractivity (Wildman–Crippen MR) is 84.6 cm³/mol. The summed E-state index contributed by atoms with van der Waals surface area (Å²) in [7, 11) is -3.65. The molecule has 0 fully saturated rings. The summed E-state index contributed by atoms with van der Waals surface area (Å²) >= 11 is 0. The average molecular weight is 309 g/mol. The molecule has 116 valence electrons. The molecule has 21 heavy (non-hydrogen) atoms. The molecule has 0 heterocycles. The molecule has 0 radical (unpaired) electrons. The van der Waals surface area contributed by atoms with Gasteiger partial charge in [0.1, 0.15) is 6.29 Å². The monoisotopic (exact) mass is 309 g/mol. The first kappa shape index (κ1) is 17.6. The molecular formula is C16H23NO3S. The molecule has 0 unspecified atom stereocenters. The number of aryl methyl sites for hydroxylation is 1. The predicted octanol–water partition coefficient (Wildman–Crippen LogP) is 2.93. The zero-order valence-corrected chi connectivity index (χ0v) is 13.9. The Bertz CT molecular complexity index is 599. The lowest BCUT2D eigenvalue weighted by molar-refractivity contribution is -0.110. The van der Waals surface area contributed by atoms with Gasteiger partial charge in [-0.2, -0.15) is 4.31 Å². The molecule has 1 aromatic carbocycles. The second kappa shape index (κ2) is 7.52. The summed E-state index contributed by atoms with van der Waals surface area (Å²) < 4.78 is 26.6. The number of nitrogens with zero attached hydrogens (tertiary/aromatic N) is 1. The van der Waals surface area contributed by atoms with Gasteiger partial charge in [0.2, 0.25) is 10.0 Å². The van der Waals surface area contributed by atoms with E-state index in [4.69, 9.17) is 0 Å². The van der Waals surface area contributed by atoms with E-state index in [0.717, 1.165) is 11.1 Å². The Balaban J connectivity index is 3.08. The van der Waals surface area contributed by atoms with Gasteiger partial charge in [0.25, 0.3) is 0 Å². The zero-order valence-electron chi connectivity index (χ0n) is 13.0. The summed E-state index contributed by atoms with van der Waals surface area (Å²) in [6, 6.07) is 5.99. The topological polar surface area (TPSA) is 54.5 Å². The van der Waals surface area contributed by atoms with Crippen LogP contribution in [0.5, 0.6) is 0 Å². The van der Waals surface area contributed by atoms with Crippen LogP contribution in [0.2, 0.25) is 0 Å². The number of sulfonamides is 1. The summed E-state index contributed by atoms with van der Waals surface area (Å²) in [6.45, 7) is 7.71. The largest absolute Gasteiger partial charge is 0.302 e. The van der Waals surface area contributed by atoms with Crippen molar-refractivity contribution in [3.63, 3.8) is 0 Å². The molecule has 0 N–H and O–H groups in total. The van der Waals surface area contributed by atoms with Crippen LogP contribution in [0.4, 0.5) is 0 Å². The minimum Gasteiger partial charge on any atom is -0.302 e. The number of carbonyl (C=O) groups is 1. The SMILES string of the molecule is CC(C)=CCCN([C@@H](C)C=O)S(=O)(=O)c1ccc(C)cc1. The third-order valence-electron chi connectivity index (χ3n) is 3.18. The molecule has 0 saturated heterocycles. The Morgan fingerprint density at radius 2 is 1.81 bits per heavy atom. The molecule has 0 spiro atoms. The van der Waals surface area contributed by atoms with E-state index in [1.54, 1.807) is 31.2 Å². The van der Waals surface area contributed by atoms with Gasteiger partial charge in [-0.25, -0.2) is 8.42 Å². The number of allylic oxidation sites excluding steroid dienone is 1. The molecular weight excluding hydrogens is 286 g/mol. The second-order valence-electron chi connectivity index (χ2n) is 5.38. The Labute approximate surface area is 127 Å². The summed E-state index contributed by atoms with van der Waals surface area (Å²) in [5, 5.41) is 0. The minimum absolute atomic E-state index is 0.221. The van der Waals surface area contributed by atoms with Gasteiger partial charge in [0.15, 0.2) is 0 Å². The molecule has 0 aromatic heterocycles. The highest BCUT2D eigenvalue weighted by molar-refractivity contribution is 7.89. The van der Waals surface area contributed by atoms with Crippen LogP contribution in [-0.2, 0) is 14.8 Å². The second-order valence-corrected chi connectivity index (χ2v) is 7.27. The Kier molecular flexibility index (Phi) is 6.30. The van der Waals surface area contributed by atoms with Gasteiger partial charge in [0.05, 0.1) is 10.9 Å². The summed E-state index contributed by atoms with van der Waals surface area (Å²) in [5.41, 5.74) is 2.12. The van der Waals surface area contributed by atoms with Crippen LogP contribution >= 0.6 is 0 Å². The number of rotatable bonds is 7. The number of hydrogen-bond donors (Lipinski definition) is 0. The Hall–Kier alpha value is -1.46. The maximum absolute atomic E-state index is 12.7. The Morgan fingerprint density at radius 1 is 1.24 bits per heavy atom. The van der Waals surface area contributed by atoms with Crippen LogP contribution in [0.25, 0.3) is 0 Å². The highest BCUT2D eigenvalue weighted by atomic mass is 32.2. The lowest BCUT2D eigenvalue weighted by atomic mass is 10.2. The molecule has 0 bridgehead atoms. The fourth-order valence-corrected chi connectivity index (χ4v) is 3.52. The fourth-order valence-electron chi connectivity index (χ4n) is 1.94. The first-order valence-corrected chi connectivity index (χ1v) is 8.40. The molecule has 5 heteroatoms. The van der Waals surface area contributed by atoms with Crippen LogP contribution in [0.15, 0.2) is 40.8 Å². The number of aldehydes is 1. The first-order valence-electron chi connectivity index (χ1n) is 6.96. The van der Waals surface area contributed by atoms with Gasteiger partial charge in [-0.3, -0.25) is 0 Å². The first-order chi connectivity index (χ1) is 9.78. The van der Waals surface area contributed by atoms with E-state index in [1.807, 2.05) is 26.8 Å². The van der Waals surface area contributed by atoms with Gasteiger partial charge in [-0.15, -0.1) is 0 Å². The normalized spacial score (nSPS) is 13.0. The summed E-state index contributed by atoms with van der Waals surface area (Å²) in [5.74, 6) is 0. The van der Waals surface area contributed by atoms with Crippen LogP contribution in [-0.4, -0.2) is 31.6 Å². The van der Waals surface area contributed by atoms with Crippen LogP contribution in [0.3, 0.4) is 0 Å². The fraction of sp³-hybridized carbons (Fsp3) is 0.438. The third kappa shape index (κ3) is 4.79. The van der Waals surface area contributed by atoms with E-state index in [0.29, 0.717) is 19.3 Å². The van der Waals surface area contributed by atoms with Crippen molar-refractivity contribution in [1.82, 2.24) is 4.31 Å². The lowest BCUT2D eigenvalue weighted by Crippen LogP contribution is -2.40. The summed E-state index contributed by atoms with van der Waals surface area (Å²) in [6.07, 6.45) is 3.22. The molecule has 0 aliphatic heterocycles. The van der Waals surface area contributed by atoms with Crippen molar-refractivity contribution in [2.24, 2.45) is 0 Å². The minimum atomic E-state index is -3.65. The van der Waals surface area contributed by atoms with E-state index < -0.39 is 16.1 Å². The van der Waals surface area contributed by atoms with Crippen LogP contribution in [0.1, 0.15) is 32.8 Å². The standard InChI is InChI=1S/C16H23NO3S/c1-13(2)6-5-11-17(15(4)12-18)21(19,20)16-9-7-14(3)8-10-16/h6-10,12,15H,5,11H2,1-4H3/t15-/m0/s1. The van der Waals surface area contributed by atoms with Crippen LogP contribution in [0, 0.1) is 6.92 Å². The molecule has 1 atom stereocenters. The average Bonchev–Trinajstić information content (AvgIpc) is 2.42. The molecule has 0 aliphatic rings. The van der Waals surface area contributed by atoms with Gasteiger partial charge >= 0.3 is 0 Å². The van der Waals surface area contributed by atoms with Crippen molar-refractivity contribution in [3.05, 3.63) is 41.5 Å². The maximum Gasteiger partial charge on any atom is 0.243 e. The van der Waals surface area contributed by atoms with E-state index >= 15 is 0 Å². The van der Waals surface area contributed by atoms with Crippen molar-refractivity contribution in [2.75, 3.05) is 6.54 Å². The molecule has 1 aromatic rings. The lowest BCUT2D eigenvalue weighted by Gasteiger charge is -2.24. The quantitative estimate of drug-likeness (QED) is 0.575. The smallest absolute Gasteiger partial charge is 0.243 e. The number of carbonyl (C=O) groups excluding carboxylic acids is 1. The van der Waals surface area contributed by atoms with Crippen molar-refractivity contribution in [2.45, 2.75) is 45.1 Å². The Morgan fingerprint density at radius 3 is 2.29 bits per heavy atom. The van der Waals surface area contributed by atoms with Gasteiger partial charge < -0.3 is 4.79 Å². The van der Waals surface area contributed by atoms with E-state index in [9.17, 15) is 13.2 Å². The van der Waals surface area contributed by atoms with Crippen molar-refractivity contribution in [1.29, 1.82) is 0 Å². The highest BCUT2D eigenvalue weighted by Crippen LogP contribution is 2.19. The number of hydrogen-bond acceptors (Lipinski definition) is 3. The van der Waals surface area contributed by atoms with Gasteiger partial charge in [0, 0.05) is 6.54 Å². The van der Waals surface area contributed by atoms with Crippen LogP contribution < -0.4 is 0 Å². The van der Waals surface area contributed by atoms with Crippen molar-refractivity contribution >= 4 is 16.3 Å². The van der Waals surface area contributed by atoms with Gasteiger partial charge in [-0.1, -0.05) is 29.3 Å². The van der Waals surface area contributed by atoms with Gasteiger partial charge in [-0.05, 0) is 46.2 Å². The molecule has 0 amide bonds. The molecule has 0 aliphatic carbocycles. The zero-order chi connectivity index (χ0) is 16.0. The van der Waals surface area contributed by atoms with Crippen molar-refractivity contribution in [3.8, 4) is 0 Å². The summed E-state index contributed by atoms with van der Waals surface area (Å²) in [4.78, 5) is 11.3. The van der Waals surface area contributed by atoms with Crippen molar-refractivity contribution < 1.29 is 13.2 Å². The third-order valence-corrected chi connectivity index (χ3v) is 5.18. The highest BCUT2D eigenvalue weighted by Gasteiger charge is 2.28. The van der Waals surface area contributed by atoms with E-state index in [1.165, 1.54) is 4.31 Å². The number of benzene rings is 1. The maximum atomic E-state index is 12.7. The molecule has 0 saturated carbocycles. The van der Waals surface area contributed by atoms with E-state index in [2.05, 4.69) is 0 Å². The molecule has 4 nitrogen and oxygen atoms in total. The van der Waals surface area contributed by atoms with E-state index in [-0.39, 0.29) is 4.90 Å².